The number of halogens is 3. The standard InChI is InChI=1S/C16H14Cl2INO/c1-20-15(12-7-10(17)2-3-14(12)19)13-8-11(18)6-9-4-5-21-16(9)13/h2-3,6-8,15,20H,4-5H2,1H3. The van der Waals surface area contributed by atoms with Crippen LogP contribution in [0.5, 0.6) is 5.75 Å². The second kappa shape index (κ2) is 6.32. The maximum absolute atomic E-state index is 6.28. The molecule has 0 aliphatic carbocycles. The molecule has 1 N–H and O–H groups in total. The van der Waals surface area contributed by atoms with Gasteiger partial charge in [-0.3, -0.25) is 0 Å². The van der Waals surface area contributed by atoms with E-state index in [1.165, 1.54) is 5.56 Å². The van der Waals surface area contributed by atoms with Crippen molar-refractivity contribution in [1.82, 2.24) is 5.32 Å². The van der Waals surface area contributed by atoms with Gasteiger partial charge < -0.3 is 10.1 Å². The van der Waals surface area contributed by atoms with Crippen molar-refractivity contribution in [3.05, 3.63) is 60.6 Å². The Hall–Kier alpha value is -0.490. The molecule has 0 radical (unpaired) electrons. The van der Waals surface area contributed by atoms with Gasteiger partial charge in [-0.15, -0.1) is 0 Å². The third-order valence-electron chi connectivity index (χ3n) is 3.65. The average Bonchev–Trinajstić information content (AvgIpc) is 2.91. The Bertz CT molecular complexity index is 690. The molecule has 3 rings (SSSR count). The molecular formula is C16H14Cl2INO. The Morgan fingerprint density at radius 2 is 1.90 bits per heavy atom. The molecule has 1 aliphatic heterocycles. The molecule has 0 bridgehead atoms. The van der Waals surface area contributed by atoms with E-state index in [9.17, 15) is 0 Å². The topological polar surface area (TPSA) is 21.3 Å². The fraction of sp³-hybridized carbons (Fsp3) is 0.250. The van der Waals surface area contributed by atoms with E-state index in [-0.39, 0.29) is 6.04 Å². The molecule has 0 fully saturated rings. The second-order valence-corrected chi connectivity index (χ2v) is 7.00. The molecule has 1 unspecified atom stereocenters. The van der Waals surface area contributed by atoms with Crippen molar-refractivity contribution in [2.75, 3.05) is 13.7 Å². The summed E-state index contributed by atoms with van der Waals surface area (Å²) in [4.78, 5) is 0. The predicted octanol–water partition coefficient (Wildman–Crippen LogP) is 4.84. The largest absolute Gasteiger partial charge is 0.493 e. The minimum Gasteiger partial charge on any atom is -0.493 e. The Labute approximate surface area is 147 Å². The van der Waals surface area contributed by atoms with E-state index in [1.54, 1.807) is 0 Å². The summed E-state index contributed by atoms with van der Waals surface area (Å²) >= 11 is 14.8. The first kappa shape index (κ1) is 15.4. The van der Waals surface area contributed by atoms with Crippen molar-refractivity contribution in [2.45, 2.75) is 12.5 Å². The Morgan fingerprint density at radius 1 is 1.14 bits per heavy atom. The average molecular weight is 434 g/mol. The molecule has 21 heavy (non-hydrogen) atoms. The minimum atomic E-state index is 0.00106. The van der Waals surface area contributed by atoms with Crippen molar-refractivity contribution in [3.8, 4) is 5.75 Å². The molecule has 1 heterocycles. The van der Waals surface area contributed by atoms with Gasteiger partial charge in [0, 0.05) is 25.6 Å². The van der Waals surface area contributed by atoms with Crippen LogP contribution in [0.3, 0.4) is 0 Å². The van der Waals surface area contributed by atoms with Crippen molar-refractivity contribution >= 4 is 45.8 Å². The van der Waals surface area contributed by atoms with Crippen LogP contribution >= 0.6 is 45.8 Å². The summed E-state index contributed by atoms with van der Waals surface area (Å²) in [5.41, 5.74) is 3.37. The summed E-state index contributed by atoms with van der Waals surface area (Å²) in [6.45, 7) is 0.714. The molecule has 1 atom stereocenters. The number of rotatable bonds is 3. The van der Waals surface area contributed by atoms with Crippen molar-refractivity contribution in [1.29, 1.82) is 0 Å². The lowest BCUT2D eigenvalue weighted by atomic mass is 9.96. The van der Waals surface area contributed by atoms with E-state index in [0.717, 1.165) is 36.9 Å². The zero-order valence-electron chi connectivity index (χ0n) is 11.4. The lowest BCUT2D eigenvalue weighted by molar-refractivity contribution is 0.351. The van der Waals surface area contributed by atoms with Gasteiger partial charge in [0.2, 0.25) is 0 Å². The summed E-state index contributed by atoms with van der Waals surface area (Å²) in [5.74, 6) is 0.953. The van der Waals surface area contributed by atoms with E-state index in [1.807, 2.05) is 37.4 Å². The molecule has 0 spiro atoms. The van der Waals surface area contributed by atoms with Crippen LogP contribution in [0.4, 0.5) is 0 Å². The predicted molar refractivity (Wildman–Crippen MR) is 95.7 cm³/mol. The van der Waals surface area contributed by atoms with Crippen LogP contribution in [0.2, 0.25) is 10.0 Å². The first-order chi connectivity index (χ1) is 10.1. The fourth-order valence-electron chi connectivity index (χ4n) is 2.73. The SMILES string of the molecule is CNC(c1cc(Cl)ccc1I)c1cc(Cl)cc2c1OCC2. The monoisotopic (exact) mass is 433 g/mol. The molecule has 0 saturated heterocycles. The van der Waals surface area contributed by atoms with Gasteiger partial charge in [-0.1, -0.05) is 23.2 Å². The van der Waals surface area contributed by atoms with Crippen LogP contribution < -0.4 is 10.1 Å². The summed E-state index contributed by atoms with van der Waals surface area (Å²) in [7, 11) is 1.93. The van der Waals surface area contributed by atoms with Crippen LogP contribution in [0, 0.1) is 3.57 Å². The maximum atomic E-state index is 6.28. The number of ether oxygens (including phenoxy) is 1. The fourth-order valence-corrected chi connectivity index (χ4v) is 3.80. The lowest BCUT2D eigenvalue weighted by Gasteiger charge is -2.21. The number of nitrogens with one attached hydrogen (secondary N) is 1. The van der Waals surface area contributed by atoms with Crippen molar-refractivity contribution in [2.24, 2.45) is 0 Å². The highest BCUT2D eigenvalue weighted by molar-refractivity contribution is 14.1. The normalized spacial score (nSPS) is 14.7. The molecule has 0 amide bonds. The van der Waals surface area contributed by atoms with Crippen molar-refractivity contribution < 1.29 is 4.74 Å². The summed E-state index contributed by atoms with van der Waals surface area (Å²) in [5, 5.41) is 4.83. The molecule has 2 aromatic rings. The minimum absolute atomic E-state index is 0.00106. The number of hydrogen-bond acceptors (Lipinski definition) is 2. The van der Waals surface area contributed by atoms with E-state index in [4.69, 9.17) is 27.9 Å². The lowest BCUT2D eigenvalue weighted by Crippen LogP contribution is -2.19. The Morgan fingerprint density at radius 3 is 2.67 bits per heavy atom. The van der Waals surface area contributed by atoms with Gasteiger partial charge in [0.25, 0.3) is 0 Å². The molecule has 1 aliphatic rings. The first-order valence-electron chi connectivity index (χ1n) is 6.67. The highest BCUT2D eigenvalue weighted by Crippen LogP contribution is 2.39. The first-order valence-corrected chi connectivity index (χ1v) is 8.51. The quantitative estimate of drug-likeness (QED) is 0.699. The van der Waals surface area contributed by atoms with Crippen LogP contribution in [0.25, 0.3) is 0 Å². The van der Waals surface area contributed by atoms with Crippen molar-refractivity contribution in [3.63, 3.8) is 0 Å². The number of hydrogen-bond donors (Lipinski definition) is 1. The zero-order valence-corrected chi connectivity index (χ0v) is 15.1. The molecule has 0 aromatic heterocycles. The number of benzene rings is 2. The smallest absolute Gasteiger partial charge is 0.127 e. The van der Waals surface area contributed by atoms with E-state index < -0.39 is 0 Å². The molecule has 110 valence electrons. The van der Waals surface area contributed by atoms with Gasteiger partial charge >= 0.3 is 0 Å². The summed E-state index contributed by atoms with van der Waals surface area (Å²) in [6, 6.07) is 9.88. The summed E-state index contributed by atoms with van der Waals surface area (Å²) < 4.78 is 6.98. The molecule has 0 saturated carbocycles. The van der Waals surface area contributed by atoms with E-state index in [2.05, 4.69) is 27.9 Å². The molecule has 2 nitrogen and oxygen atoms in total. The van der Waals surface area contributed by atoms with E-state index >= 15 is 0 Å². The van der Waals surface area contributed by atoms with Gasteiger partial charge in [0.15, 0.2) is 0 Å². The van der Waals surface area contributed by atoms with Gasteiger partial charge in [-0.05, 0) is 71.1 Å². The van der Waals surface area contributed by atoms with Gasteiger partial charge in [-0.25, -0.2) is 0 Å². The third kappa shape index (κ3) is 3.02. The van der Waals surface area contributed by atoms with Gasteiger partial charge in [-0.2, -0.15) is 0 Å². The van der Waals surface area contributed by atoms with Crippen LogP contribution in [-0.4, -0.2) is 13.7 Å². The summed E-state index contributed by atoms with van der Waals surface area (Å²) in [6.07, 6.45) is 0.909. The van der Waals surface area contributed by atoms with E-state index in [0.29, 0.717) is 6.61 Å². The van der Waals surface area contributed by atoms with Gasteiger partial charge in [0.1, 0.15) is 5.75 Å². The second-order valence-electron chi connectivity index (χ2n) is 4.97. The van der Waals surface area contributed by atoms with Crippen LogP contribution in [-0.2, 0) is 6.42 Å². The highest BCUT2D eigenvalue weighted by Gasteiger charge is 2.25. The zero-order chi connectivity index (χ0) is 15.0. The third-order valence-corrected chi connectivity index (χ3v) is 5.08. The highest BCUT2D eigenvalue weighted by atomic mass is 127. The molecule has 2 aromatic carbocycles. The van der Waals surface area contributed by atoms with Crippen LogP contribution in [0.15, 0.2) is 30.3 Å². The Balaban J connectivity index is 2.15. The molecule has 5 heteroatoms. The van der Waals surface area contributed by atoms with Crippen LogP contribution in [0.1, 0.15) is 22.7 Å². The number of fused-ring (bicyclic) bond motifs is 1. The maximum Gasteiger partial charge on any atom is 0.127 e. The Kier molecular flexibility index (Phi) is 4.64. The van der Waals surface area contributed by atoms with Gasteiger partial charge in [0.05, 0.1) is 12.6 Å². The molecular weight excluding hydrogens is 420 g/mol.